The average molecular weight is 303 g/mol. The molecule has 0 amide bonds. The molecule has 0 fully saturated rings. The Kier molecular flexibility index (Phi) is 4.55. The summed E-state index contributed by atoms with van der Waals surface area (Å²) in [5.41, 5.74) is -0.0638. The van der Waals surface area contributed by atoms with Gasteiger partial charge in [0.25, 0.3) is 0 Å². The summed E-state index contributed by atoms with van der Waals surface area (Å²) in [6.07, 6.45) is 1.79. The number of methoxy groups -OCH3 is 2. The van der Waals surface area contributed by atoms with Crippen LogP contribution in [-0.4, -0.2) is 20.5 Å². The maximum Gasteiger partial charge on any atom is 0.355 e. The molecule has 0 unspecified atom stereocenters. The third kappa shape index (κ3) is 2.88. The number of nitrogens with zero attached hydrogens (tertiary/aromatic N) is 1. The summed E-state index contributed by atoms with van der Waals surface area (Å²) in [5, 5.41) is 9.01. The third-order valence-electron chi connectivity index (χ3n) is 2.92. The highest BCUT2D eigenvalue weighted by Crippen LogP contribution is 2.34. The molecule has 2 aromatic rings. The second kappa shape index (κ2) is 6.37. The van der Waals surface area contributed by atoms with E-state index in [9.17, 15) is 4.79 Å². The summed E-state index contributed by atoms with van der Waals surface area (Å²) in [6.45, 7) is 0. The zero-order valence-corrected chi connectivity index (χ0v) is 12.6. The van der Waals surface area contributed by atoms with Crippen LogP contribution in [0.1, 0.15) is 5.56 Å². The third-order valence-corrected chi connectivity index (χ3v) is 3.68. The van der Waals surface area contributed by atoms with Crippen LogP contribution in [0.2, 0.25) is 0 Å². The van der Waals surface area contributed by atoms with Gasteiger partial charge in [-0.3, -0.25) is 0 Å². The van der Waals surface area contributed by atoms with Gasteiger partial charge in [0.05, 0.1) is 19.8 Å². The number of ether oxygens (including phenoxy) is 2. The van der Waals surface area contributed by atoms with Crippen molar-refractivity contribution in [3.05, 3.63) is 40.2 Å². The van der Waals surface area contributed by atoms with E-state index in [0.717, 1.165) is 0 Å². The predicted molar refractivity (Wildman–Crippen MR) is 80.0 cm³/mol. The molecule has 0 N–H and O–H groups in total. The Balaban J connectivity index is 2.70. The second-order valence-electron chi connectivity index (χ2n) is 4.02. The normalized spacial score (nSPS) is 10.0. The number of benzene rings is 1. The van der Waals surface area contributed by atoms with Gasteiger partial charge in [-0.05, 0) is 30.5 Å². The number of hydrogen-bond donors (Lipinski definition) is 0. The van der Waals surface area contributed by atoms with Gasteiger partial charge in [-0.15, -0.1) is 11.8 Å². The van der Waals surface area contributed by atoms with Crippen molar-refractivity contribution in [2.45, 2.75) is 4.90 Å². The molecule has 6 heteroatoms. The van der Waals surface area contributed by atoms with E-state index in [1.165, 1.54) is 18.9 Å². The van der Waals surface area contributed by atoms with Crippen molar-refractivity contribution in [1.82, 2.24) is 0 Å². The van der Waals surface area contributed by atoms with Crippen molar-refractivity contribution < 1.29 is 13.9 Å². The molecule has 0 saturated carbocycles. The van der Waals surface area contributed by atoms with E-state index in [0.29, 0.717) is 27.7 Å². The Bertz CT molecular complexity index is 761. The number of thioether (sulfide) groups is 1. The molecule has 0 saturated heterocycles. The van der Waals surface area contributed by atoms with E-state index >= 15 is 0 Å². The first-order valence-electron chi connectivity index (χ1n) is 5.99. The molecule has 0 atom stereocenters. The van der Waals surface area contributed by atoms with Crippen LogP contribution in [0.3, 0.4) is 0 Å². The maximum absolute atomic E-state index is 11.9. The van der Waals surface area contributed by atoms with E-state index in [-0.39, 0.29) is 5.56 Å². The van der Waals surface area contributed by atoms with Gasteiger partial charge in [-0.25, -0.2) is 4.79 Å². The standard InChI is InChI=1S/C15H13NO4S/c1-18-9-4-5-12(19-2)10(6-9)13-7-14(21-3)11(8-16)15(17)20-13/h4-7H,1-3H3. The van der Waals surface area contributed by atoms with Crippen molar-refractivity contribution in [2.24, 2.45) is 0 Å². The minimum atomic E-state index is -0.663. The van der Waals surface area contributed by atoms with Crippen molar-refractivity contribution in [3.63, 3.8) is 0 Å². The summed E-state index contributed by atoms with van der Waals surface area (Å²) < 4.78 is 15.7. The largest absolute Gasteiger partial charge is 0.497 e. The summed E-state index contributed by atoms with van der Waals surface area (Å²) in [4.78, 5) is 12.5. The van der Waals surface area contributed by atoms with E-state index in [1.807, 2.05) is 6.07 Å². The molecule has 108 valence electrons. The van der Waals surface area contributed by atoms with Crippen molar-refractivity contribution in [3.8, 4) is 28.9 Å². The fourth-order valence-corrected chi connectivity index (χ4v) is 2.43. The van der Waals surface area contributed by atoms with Gasteiger partial charge >= 0.3 is 5.63 Å². The summed E-state index contributed by atoms with van der Waals surface area (Å²) >= 11 is 1.31. The van der Waals surface area contributed by atoms with Crippen LogP contribution in [0.5, 0.6) is 11.5 Å². The molecule has 5 nitrogen and oxygen atoms in total. The lowest BCUT2D eigenvalue weighted by atomic mass is 10.1. The molecule has 21 heavy (non-hydrogen) atoms. The van der Waals surface area contributed by atoms with Crippen LogP contribution in [0.15, 0.2) is 38.4 Å². The Hall–Kier alpha value is -2.39. The summed E-state index contributed by atoms with van der Waals surface area (Å²) in [6, 6.07) is 8.71. The molecule has 1 aromatic carbocycles. The fraction of sp³-hybridized carbons (Fsp3) is 0.200. The molecule has 1 aromatic heterocycles. The quantitative estimate of drug-likeness (QED) is 0.809. The van der Waals surface area contributed by atoms with Crippen LogP contribution in [0, 0.1) is 11.3 Å². The van der Waals surface area contributed by atoms with E-state index < -0.39 is 5.63 Å². The first-order valence-corrected chi connectivity index (χ1v) is 7.21. The Morgan fingerprint density at radius 2 is 2.00 bits per heavy atom. The van der Waals surface area contributed by atoms with Crippen LogP contribution in [0.4, 0.5) is 0 Å². The van der Waals surface area contributed by atoms with Crippen molar-refractivity contribution in [2.75, 3.05) is 20.5 Å². The summed E-state index contributed by atoms with van der Waals surface area (Å²) in [7, 11) is 3.08. The van der Waals surface area contributed by atoms with Gasteiger partial charge in [0.1, 0.15) is 23.3 Å². The molecule has 0 radical (unpaired) electrons. The SMILES string of the molecule is COc1ccc(OC)c(-c2cc(SC)c(C#N)c(=O)o2)c1. The Morgan fingerprint density at radius 3 is 2.57 bits per heavy atom. The molecule has 1 heterocycles. The Labute approximate surface area is 126 Å². The van der Waals surface area contributed by atoms with Crippen LogP contribution in [0.25, 0.3) is 11.3 Å². The molecular weight excluding hydrogens is 290 g/mol. The highest BCUT2D eigenvalue weighted by Gasteiger charge is 2.15. The number of rotatable bonds is 4. The topological polar surface area (TPSA) is 72.5 Å². The van der Waals surface area contributed by atoms with E-state index in [2.05, 4.69) is 0 Å². The number of nitriles is 1. The molecule has 0 aliphatic heterocycles. The van der Waals surface area contributed by atoms with E-state index in [1.54, 1.807) is 37.6 Å². The lowest BCUT2D eigenvalue weighted by Gasteiger charge is -2.10. The van der Waals surface area contributed by atoms with Gasteiger partial charge in [0.2, 0.25) is 0 Å². The highest BCUT2D eigenvalue weighted by molar-refractivity contribution is 7.98. The average Bonchev–Trinajstić information content (AvgIpc) is 2.53. The highest BCUT2D eigenvalue weighted by atomic mass is 32.2. The monoisotopic (exact) mass is 303 g/mol. The fourth-order valence-electron chi connectivity index (χ4n) is 1.87. The van der Waals surface area contributed by atoms with Gasteiger partial charge in [0, 0.05) is 4.90 Å². The van der Waals surface area contributed by atoms with Crippen LogP contribution >= 0.6 is 11.8 Å². The molecule has 2 rings (SSSR count). The molecule has 0 bridgehead atoms. The van der Waals surface area contributed by atoms with Crippen molar-refractivity contribution >= 4 is 11.8 Å². The van der Waals surface area contributed by atoms with Crippen LogP contribution < -0.4 is 15.1 Å². The predicted octanol–water partition coefficient (Wildman–Crippen LogP) is 2.92. The smallest absolute Gasteiger partial charge is 0.355 e. The van der Waals surface area contributed by atoms with Gasteiger partial charge in [-0.1, -0.05) is 0 Å². The lowest BCUT2D eigenvalue weighted by molar-refractivity contribution is 0.402. The van der Waals surface area contributed by atoms with Crippen molar-refractivity contribution in [1.29, 1.82) is 5.26 Å². The molecule has 0 aliphatic rings. The zero-order chi connectivity index (χ0) is 15.4. The zero-order valence-electron chi connectivity index (χ0n) is 11.8. The first-order chi connectivity index (χ1) is 10.1. The van der Waals surface area contributed by atoms with Gasteiger partial charge < -0.3 is 13.9 Å². The number of hydrogen-bond acceptors (Lipinski definition) is 6. The maximum atomic E-state index is 11.9. The first kappa shape index (κ1) is 15.0. The van der Waals surface area contributed by atoms with Gasteiger partial charge in [-0.2, -0.15) is 5.26 Å². The second-order valence-corrected chi connectivity index (χ2v) is 4.87. The lowest BCUT2D eigenvalue weighted by Crippen LogP contribution is -2.06. The summed E-state index contributed by atoms with van der Waals surface area (Å²) in [5.74, 6) is 1.50. The van der Waals surface area contributed by atoms with E-state index in [4.69, 9.17) is 19.2 Å². The molecular formula is C15H13NO4S. The molecule has 0 spiro atoms. The minimum Gasteiger partial charge on any atom is -0.497 e. The molecule has 0 aliphatic carbocycles. The minimum absolute atomic E-state index is 0.00751. The van der Waals surface area contributed by atoms with Crippen LogP contribution in [-0.2, 0) is 0 Å². The van der Waals surface area contributed by atoms with Gasteiger partial charge in [0.15, 0.2) is 5.56 Å². The Morgan fingerprint density at radius 1 is 1.24 bits per heavy atom.